The summed E-state index contributed by atoms with van der Waals surface area (Å²) in [4.78, 5) is 37.7. The first kappa shape index (κ1) is 54.1. The summed E-state index contributed by atoms with van der Waals surface area (Å²) >= 11 is 0. The van der Waals surface area contributed by atoms with Gasteiger partial charge in [-0.3, -0.25) is 14.4 Å². The summed E-state index contributed by atoms with van der Waals surface area (Å²) in [5.41, 5.74) is 0. The van der Waals surface area contributed by atoms with Crippen LogP contribution in [0, 0.1) is 0 Å². The predicted molar refractivity (Wildman–Crippen MR) is 247 cm³/mol. The van der Waals surface area contributed by atoms with Crippen LogP contribution in [-0.2, 0) is 28.6 Å². The van der Waals surface area contributed by atoms with Crippen LogP contribution in [0.3, 0.4) is 0 Å². The van der Waals surface area contributed by atoms with Crippen LogP contribution in [-0.4, -0.2) is 37.2 Å². The maximum Gasteiger partial charge on any atom is 0.306 e. The Balaban J connectivity index is 4.50. The van der Waals surface area contributed by atoms with E-state index in [2.05, 4.69) is 57.2 Å². The number of hydrogen-bond donors (Lipinski definition) is 0. The Bertz CT molecular complexity index is 1240. The number of hydrogen-bond acceptors (Lipinski definition) is 6. The number of esters is 3. The summed E-state index contributed by atoms with van der Waals surface area (Å²) in [6.45, 7) is 6.32. The highest BCUT2D eigenvalue weighted by Crippen LogP contribution is 2.12. The van der Waals surface area contributed by atoms with Crippen molar-refractivity contribution in [1.82, 2.24) is 0 Å². The van der Waals surface area contributed by atoms with Crippen molar-refractivity contribution >= 4 is 17.9 Å². The second-order valence-electron chi connectivity index (χ2n) is 14.8. The Kier molecular flexibility index (Phi) is 42.7. The molecule has 0 aromatic rings. The van der Waals surface area contributed by atoms with Gasteiger partial charge < -0.3 is 14.2 Å². The van der Waals surface area contributed by atoms with Crippen molar-refractivity contribution < 1.29 is 28.6 Å². The van der Waals surface area contributed by atoms with E-state index in [-0.39, 0.29) is 31.1 Å². The molecule has 0 aromatic carbocycles. The standard InChI is InChI=1S/C52H82O6/c1-4-7-10-13-16-19-22-23-24-25-26-27-28-29-31-33-36-39-42-45-51(54)57-48-49(47-56-50(53)44-41-38-35-32-21-18-15-12-9-6-3)58-52(55)46-43-40-37-34-30-20-17-14-11-8-5-2/h7,10,13-19,22-29,31,49H,4-6,8-9,11-12,20-21,30,32-48H2,1-3H3/b10-7-,16-13-,17-14-,18-15-,22-19-,24-23-,26-25+,28-27-,31-29-. The highest BCUT2D eigenvalue weighted by atomic mass is 16.6. The van der Waals surface area contributed by atoms with Crippen molar-refractivity contribution in [2.24, 2.45) is 0 Å². The van der Waals surface area contributed by atoms with Gasteiger partial charge in [0.1, 0.15) is 13.2 Å². The summed E-state index contributed by atoms with van der Waals surface area (Å²) in [5, 5.41) is 0. The van der Waals surface area contributed by atoms with E-state index in [1.807, 2.05) is 72.9 Å². The normalized spacial score (nSPS) is 13.1. The number of rotatable bonds is 39. The molecule has 0 aliphatic carbocycles. The molecule has 0 rings (SSSR count). The van der Waals surface area contributed by atoms with Gasteiger partial charge in [-0.1, -0.05) is 194 Å². The molecule has 6 nitrogen and oxygen atoms in total. The molecule has 0 bridgehead atoms. The van der Waals surface area contributed by atoms with Gasteiger partial charge in [-0.05, 0) is 77.0 Å². The lowest BCUT2D eigenvalue weighted by Gasteiger charge is -2.18. The van der Waals surface area contributed by atoms with E-state index in [0.29, 0.717) is 19.3 Å². The summed E-state index contributed by atoms with van der Waals surface area (Å²) in [7, 11) is 0. The smallest absolute Gasteiger partial charge is 0.306 e. The lowest BCUT2D eigenvalue weighted by Crippen LogP contribution is -2.30. The van der Waals surface area contributed by atoms with Crippen LogP contribution in [0.5, 0.6) is 0 Å². The van der Waals surface area contributed by atoms with Crippen molar-refractivity contribution in [3.05, 3.63) is 109 Å². The van der Waals surface area contributed by atoms with Crippen molar-refractivity contribution in [2.45, 2.75) is 187 Å². The Morgan fingerprint density at radius 3 is 1.12 bits per heavy atom. The van der Waals surface area contributed by atoms with E-state index in [4.69, 9.17) is 14.2 Å². The van der Waals surface area contributed by atoms with E-state index >= 15 is 0 Å². The molecular weight excluding hydrogens is 721 g/mol. The molecule has 0 fully saturated rings. The molecule has 6 heteroatoms. The maximum absolute atomic E-state index is 12.7. The molecule has 0 amide bonds. The third-order valence-electron chi connectivity index (χ3n) is 9.18. The van der Waals surface area contributed by atoms with Crippen LogP contribution in [0.4, 0.5) is 0 Å². The second-order valence-corrected chi connectivity index (χ2v) is 14.8. The van der Waals surface area contributed by atoms with Gasteiger partial charge in [-0.15, -0.1) is 0 Å². The molecule has 0 spiro atoms. The number of ether oxygens (including phenoxy) is 3. The third kappa shape index (κ3) is 43.2. The molecule has 326 valence electrons. The van der Waals surface area contributed by atoms with Gasteiger partial charge in [0.25, 0.3) is 0 Å². The van der Waals surface area contributed by atoms with Crippen LogP contribution in [0.15, 0.2) is 109 Å². The average Bonchev–Trinajstić information content (AvgIpc) is 3.22. The predicted octanol–water partition coefficient (Wildman–Crippen LogP) is 14.8. The fraction of sp³-hybridized carbons (Fsp3) is 0.596. The Labute approximate surface area is 355 Å². The molecule has 1 unspecified atom stereocenters. The minimum Gasteiger partial charge on any atom is -0.462 e. The first-order valence-corrected chi connectivity index (χ1v) is 23.0. The van der Waals surface area contributed by atoms with Gasteiger partial charge in [0.15, 0.2) is 6.10 Å². The van der Waals surface area contributed by atoms with Crippen LogP contribution < -0.4 is 0 Å². The highest BCUT2D eigenvalue weighted by Gasteiger charge is 2.19. The molecule has 0 aliphatic heterocycles. The SMILES string of the molecule is CC\C=C/C=C\C=C/C=C\C=C\C=C/C=C\CCCCCC(=O)OCC(COC(=O)CCCCCC/C=C\CCCC)OC(=O)CCCCCCC/C=C\CCCC. The number of unbranched alkanes of at least 4 members (excludes halogenated alkanes) is 16. The fourth-order valence-electron chi connectivity index (χ4n) is 5.68. The summed E-state index contributed by atoms with van der Waals surface area (Å²) in [5.74, 6) is -0.987. The van der Waals surface area contributed by atoms with E-state index in [9.17, 15) is 14.4 Å². The van der Waals surface area contributed by atoms with Gasteiger partial charge in [-0.25, -0.2) is 0 Å². The van der Waals surface area contributed by atoms with E-state index in [1.165, 1.54) is 38.5 Å². The van der Waals surface area contributed by atoms with Crippen molar-refractivity contribution in [1.29, 1.82) is 0 Å². The van der Waals surface area contributed by atoms with Gasteiger partial charge in [-0.2, -0.15) is 0 Å². The van der Waals surface area contributed by atoms with E-state index < -0.39 is 6.10 Å². The molecule has 0 aliphatic rings. The third-order valence-corrected chi connectivity index (χ3v) is 9.18. The molecule has 0 aromatic heterocycles. The first-order chi connectivity index (χ1) is 28.5. The van der Waals surface area contributed by atoms with E-state index in [1.54, 1.807) is 0 Å². The van der Waals surface area contributed by atoms with Gasteiger partial charge in [0, 0.05) is 19.3 Å². The molecule has 0 N–H and O–H groups in total. The Morgan fingerprint density at radius 1 is 0.362 bits per heavy atom. The quantitative estimate of drug-likeness (QED) is 0.0202. The lowest BCUT2D eigenvalue weighted by atomic mass is 10.1. The van der Waals surface area contributed by atoms with Crippen molar-refractivity contribution in [3.8, 4) is 0 Å². The highest BCUT2D eigenvalue weighted by molar-refractivity contribution is 5.71. The molecular formula is C52H82O6. The van der Waals surface area contributed by atoms with Gasteiger partial charge in [0.05, 0.1) is 0 Å². The minimum atomic E-state index is -0.805. The molecule has 0 radical (unpaired) electrons. The largest absolute Gasteiger partial charge is 0.462 e. The molecule has 0 heterocycles. The molecule has 1 atom stereocenters. The van der Waals surface area contributed by atoms with Crippen LogP contribution in [0.25, 0.3) is 0 Å². The van der Waals surface area contributed by atoms with Gasteiger partial charge >= 0.3 is 17.9 Å². The average molecular weight is 803 g/mol. The summed E-state index contributed by atoms with van der Waals surface area (Å²) < 4.78 is 16.6. The molecule has 58 heavy (non-hydrogen) atoms. The maximum atomic E-state index is 12.7. The number of carbonyl (C=O) groups is 3. The van der Waals surface area contributed by atoms with E-state index in [0.717, 1.165) is 103 Å². The number of carbonyl (C=O) groups excluding carboxylic acids is 3. The molecule has 0 saturated carbocycles. The lowest BCUT2D eigenvalue weighted by molar-refractivity contribution is -0.167. The Hall–Kier alpha value is -3.93. The van der Waals surface area contributed by atoms with Crippen molar-refractivity contribution in [3.63, 3.8) is 0 Å². The first-order valence-electron chi connectivity index (χ1n) is 23.0. The van der Waals surface area contributed by atoms with Crippen molar-refractivity contribution in [2.75, 3.05) is 13.2 Å². The zero-order chi connectivity index (χ0) is 42.3. The monoisotopic (exact) mass is 803 g/mol. The number of allylic oxidation sites excluding steroid dienone is 18. The summed E-state index contributed by atoms with van der Waals surface area (Å²) in [6, 6.07) is 0. The zero-order valence-electron chi connectivity index (χ0n) is 37.0. The molecule has 0 saturated heterocycles. The second kappa shape index (κ2) is 45.8. The van der Waals surface area contributed by atoms with Gasteiger partial charge in [0.2, 0.25) is 0 Å². The van der Waals surface area contributed by atoms with Crippen LogP contribution >= 0.6 is 0 Å². The topological polar surface area (TPSA) is 78.9 Å². The summed E-state index contributed by atoms with van der Waals surface area (Å²) in [6.07, 6.45) is 60.7. The minimum absolute atomic E-state index is 0.105. The van der Waals surface area contributed by atoms with Crippen LogP contribution in [0.2, 0.25) is 0 Å². The Morgan fingerprint density at radius 2 is 0.690 bits per heavy atom. The fourth-order valence-corrected chi connectivity index (χ4v) is 5.68. The zero-order valence-corrected chi connectivity index (χ0v) is 37.0. The van der Waals surface area contributed by atoms with Crippen LogP contribution in [0.1, 0.15) is 181 Å².